The molecule has 28 heavy (non-hydrogen) atoms. The summed E-state index contributed by atoms with van der Waals surface area (Å²) in [6.45, 7) is 12.0. The van der Waals surface area contributed by atoms with Gasteiger partial charge in [-0.3, -0.25) is 0 Å². The molecule has 0 fully saturated rings. The first-order valence-corrected chi connectivity index (χ1v) is 10.8. The number of H-pyrrole nitrogens is 1. The van der Waals surface area contributed by atoms with E-state index >= 15 is 0 Å². The lowest BCUT2D eigenvalue weighted by atomic mass is 9.97. The molecule has 0 aliphatic heterocycles. The van der Waals surface area contributed by atoms with E-state index in [1.165, 1.54) is 7.11 Å². The van der Waals surface area contributed by atoms with Gasteiger partial charge >= 0.3 is 5.97 Å². The molecule has 0 atom stereocenters. The summed E-state index contributed by atoms with van der Waals surface area (Å²) >= 11 is 0. The predicted octanol–water partition coefficient (Wildman–Crippen LogP) is 2.48. The van der Waals surface area contributed by atoms with E-state index in [1.54, 1.807) is 12.4 Å². The normalized spacial score (nSPS) is 12.6. The molecule has 0 aromatic carbocycles. The van der Waals surface area contributed by atoms with Gasteiger partial charge in [0.05, 0.1) is 24.7 Å². The Bertz CT molecular complexity index is 770. The Morgan fingerprint density at radius 3 is 2.61 bits per heavy atom. The zero-order valence-electron chi connectivity index (χ0n) is 17.8. The van der Waals surface area contributed by atoms with Crippen molar-refractivity contribution in [3.8, 4) is 0 Å². The minimum atomic E-state index is -0.753. The molecule has 0 radical (unpaired) electrons. The molecular weight excluding hydrogens is 372 g/mol. The van der Waals surface area contributed by atoms with E-state index in [9.17, 15) is 4.79 Å². The topological polar surface area (TPSA) is 89.1 Å². The van der Waals surface area contributed by atoms with Gasteiger partial charge < -0.3 is 19.5 Å². The largest absolute Gasteiger partial charge is 0.464 e. The van der Waals surface area contributed by atoms with E-state index in [2.05, 4.69) is 41.0 Å². The highest BCUT2D eigenvalue weighted by Crippen LogP contribution is 2.30. The van der Waals surface area contributed by atoms with E-state index in [0.717, 1.165) is 29.9 Å². The molecule has 0 bridgehead atoms. The number of methoxy groups -OCH3 is 1. The fourth-order valence-electron chi connectivity index (χ4n) is 2.58. The average molecular weight is 405 g/mol. The zero-order chi connectivity index (χ0) is 20.8. The molecule has 0 aliphatic carbocycles. The smallest absolute Gasteiger partial charge is 0.356 e. The van der Waals surface area contributed by atoms with Crippen LogP contribution in [0.1, 0.15) is 62.1 Å². The minimum Gasteiger partial charge on any atom is -0.464 e. The van der Waals surface area contributed by atoms with Gasteiger partial charge in [0.2, 0.25) is 0 Å². The van der Waals surface area contributed by atoms with E-state index < -0.39 is 21.3 Å². The maximum absolute atomic E-state index is 12.1. The third-order valence-corrected chi connectivity index (χ3v) is 6.00. The summed E-state index contributed by atoms with van der Waals surface area (Å²) < 4.78 is 11.2. The minimum absolute atomic E-state index is 0.187. The van der Waals surface area contributed by atoms with Crippen LogP contribution in [0.15, 0.2) is 24.7 Å². The van der Waals surface area contributed by atoms with Gasteiger partial charge in [0.15, 0.2) is 9.76 Å². The van der Waals surface area contributed by atoms with Crippen molar-refractivity contribution in [2.45, 2.75) is 58.2 Å². The lowest BCUT2D eigenvalue weighted by Crippen LogP contribution is -2.29. The molecule has 8 heteroatoms. The number of hydrogen-bond donors (Lipinski definition) is 2. The fourth-order valence-corrected chi connectivity index (χ4v) is 3.54. The number of pyridine rings is 1. The molecule has 7 nitrogen and oxygen atoms in total. The maximum atomic E-state index is 12.1. The number of ether oxygens (including phenoxy) is 1. The molecule has 0 amide bonds. The number of aromatic nitrogens is 3. The first-order valence-electron chi connectivity index (χ1n) is 9.52. The third kappa shape index (κ3) is 6.85. The van der Waals surface area contributed by atoms with Crippen molar-refractivity contribution in [2.24, 2.45) is 0 Å². The first kappa shape index (κ1) is 22.3. The van der Waals surface area contributed by atoms with Gasteiger partial charge in [0, 0.05) is 31.4 Å². The summed E-state index contributed by atoms with van der Waals surface area (Å²) in [7, 11) is 0.615. The highest BCUT2D eigenvalue weighted by molar-refractivity contribution is 6.31. The Hall–Kier alpha value is -2.03. The van der Waals surface area contributed by atoms with Gasteiger partial charge in [-0.15, -0.1) is 0 Å². The number of aromatic amines is 1. The summed E-state index contributed by atoms with van der Waals surface area (Å²) in [6, 6.07) is 3.78. The summed E-state index contributed by atoms with van der Waals surface area (Å²) in [4.78, 5) is 23.7. The molecule has 2 heterocycles. The van der Waals surface area contributed by atoms with Crippen molar-refractivity contribution in [1.82, 2.24) is 20.3 Å². The number of carbonyl (C=O) groups is 1. The van der Waals surface area contributed by atoms with E-state index in [1.807, 2.05) is 26.1 Å². The van der Waals surface area contributed by atoms with Crippen molar-refractivity contribution in [3.63, 3.8) is 0 Å². The zero-order valence-corrected chi connectivity index (χ0v) is 19.2. The number of carbonyl (C=O) groups excluding carboxylic acids is 1. The second-order valence-corrected chi connectivity index (χ2v) is 11.3. The highest BCUT2D eigenvalue weighted by Gasteiger charge is 2.26. The number of hydrogen-bond acceptors (Lipinski definition) is 6. The van der Waals surface area contributed by atoms with Crippen LogP contribution in [0.5, 0.6) is 0 Å². The van der Waals surface area contributed by atoms with Crippen LogP contribution >= 0.6 is 0 Å². The molecule has 0 saturated heterocycles. The molecular formula is C20H32N4O3Si. The predicted molar refractivity (Wildman–Crippen MR) is 112 cm³/mol. The molecule has 0 unspecified atom stereocenters. The van der Waals surface area contributed by atoms with Crippen LogP contribution in [0.3, 0.4) is 0 Å². The quantitative estimate of drug-likeness (QED) is 0.379. The number of rotatable bonds is 9. The summed E-state index contributed by atoms with van der Waals surface area (Å²) in [5, 5.41) is 3.55. The fraction of sp³-hybridized carbons (Fsp3) is 0.550. The van der Waals surface area contributed by atoms with E-state index in [0.29, 0.717) is 12.2 Å². The molecule has 0 aliphatic rings. The highest BCUT2D eigenvalue weighted by atomic mass is 28.2. The Kier molecular flexibility index (Phi) is 7.51. The van der Waals surface area contributed by atoms with Gasteiger partial charge in [0.25, 0.3) is 0 Å². The van der Waals surface area contributed by atoms with Crippen molar-refractivity contribution in [1.29, 1.82) is 0 Å². The summed E-state index contributed by atoms with van der Waals surface area (Å²) in [6.07, 6.45) is 4.33. The van der Waals surface area contributed by atoms with Gasteiger partial charge in [-0.2, -0.15) is 0 Å². The van der Waals surface area contributed by atoms with Crippen LogP contribution < -0.4 is 5.32 Å². The Morgan fingerprint density at radius 1 is 1.25 bits per heavy atom. The van der Waals surface area contributed by atoms with Crippen LogP contribution in [-0.4, -0.2) is 44.3 Å². The van der Waals surface area contributed by atoms with Crippen LogP contribution in [0.4, 0.5) is 0 Å². The molecule has 2 aromatic heterocycles. The lowest BCUT2D eigenvalue weighted by molar-refractivity contribution is 0.0592. The first-order chi connectivity index (χ1) is 13.1. The SMILES string of the molecule is COC(=O)c1cc(C(C)(C)O[SiH2]C(C)(C)C)cc(CNCCc2cnc[nH]2)n1. The molecule has 0 spiro atoms. The van der Waals surface area contributed by atoms with Gasteiger partial charge in [-0.25, -0.2) is 14.8 Å². The van der Waals surface area contributed by atoms with Gasteiger partial charge in [-0.05, 0) is 36.6 Å². The maximum Gasteiger partial charge on any atom is 0.356 e. The van der Waals surface area contributed by atoms with Crippen molar-refractivity contribution in [3.05, 3.63) is 47.3 Å². The van der Waals surface area contributed by atoms with Crippen LogP contribution in [0.25, 0.3) is 0 Å². The van der Waals surface area contributed by atoms with Crippen molar-refractivity contribution in [2.75, 3.05) is 13.7 Å². The molecule has 2 rings (SSSR count). The Labute approximate surface area is 169 Å². The number of nitrogens with one attached hydrogen (secondary N) is 2. The standard InChI is InChI=1S/C20H32N4O3Si/c1-19(2,3)28-27-20(4,5)14-9-16(24-17(10-14)18(25)26-6)12-21-8-7-15-11-22-13-23-15/h9-11,13,21H,7-8,12,28H2,1-6H3,(H,22,23). The number of nitrogens with zero attached hydrogens (tertiary/aromatic N) is 2. The van der Waals surface area contributed by atoms with E-state index in [4.69, 9.17) is 9.16 Å². The summed E-state index contributed by atoms with van der Waals surface area (Å²) in [5.74, 6) is -0.440. The van der Waals surface area contributed by atoms with Gasteiger partial charge in [0.1, 0.15) is 5.69 Å². The Morgan fingerprint density at radius 2 is 2.00 bits per heavy atom. The number of imidazole rings is 1. The van der Waals surface area contributed by atoms with Crippen LogP contribution in [0, 0.1) is 0 Å². The van der Waals surface area contributed by atoms with Crippen LogP contribution in [-0.2, 0) is 27.7 Å². The second kappa shape index (κ2) is 9.44. The third-order valence-electron chi connectivity index (χ3n) is 4.27. The Balaban J connectivity index is 2.13. The van der Waals surface area contributed by atoms with Gasteiger partial charge in [-0.1, -0.05) is 20.8 Å². The second-order valence-electron chi connectivity index (χ2n) is 8.59. The molecule has 2 N–H and O–H groups in total. The molecule has 0 saturated carbocycles. The van der Waals surface area contributed by atoms with E-state index in [-0.39, 0.29) is 5.04 Å². The van der Waals surface area contributed by atoms with Crippen molar-refractivity contribution >= 4 is 15.7 Å². The lowest BCUT2D eigenvalue weighted by Gasteiger charge is -2.31. The number of esters is 1. The summed E-state index contributed by atoms with van der Waals surface area (Å²) in [5.41, 5.74) is 2.61. The molecule has 2 aromatic rings. The average Bonchev–Trinajstić information content (AvgIpc) is 3.16. The molecule has 154 valence electrons. The van der Waals surface area contributed by atoms with Crippen molar-refractivity contribution < 1.29 is 14.0 Å². The van der Waals surface area contributed by atoms with Crippen LogP contribution in [0.2, 0.25) is 5.04 Å². The monoisotopic (exact) mass is 404 g/mol.